The molecule has 13 heavy (non-hydrogen) atoms. The van der Waals surface area contributed by atoms with Gasteiger partial charge in [-0.05, 0) is 0 Å². The fraction of sp³-hybridized carbons (Fsp3) is 1.00. The van der Waals surface area contributed by atoms with Crippen LogP contribution >= 0.6 is 0 Å². The van der Waals surface area contributed by atoms with Crippen molar-refractivity contribution in [3.63, 3.8) is 0 Å². The van der Waals surface area contributed by atoms with Crippen LogP contribution in [-0.2, 0) is 15.1 Å². The Morgan fingerprint density at radius 2 is 1.46 bits per heavy atom. The van der Waals surface area contributed by atoms with Gasteiger partial charge in [-0.15, -0.1) is 0 Å². The van der Waals surface area contributed by atoms with E-state index in [0.29, 0.717) is 13.2 Å². The second kappa shape index (κ2) is 3.86. The van der Waals surface area contributed by atoms with Crippen LogP contribution in [-0.4, -0.2) is 40.0 Å². The van der Waals surface area contributed by atoms with Crippen molar-refractivity contribution in [3.05, 3.63) is 0 Å². The first-order chi connectivity index (χ1) is 6.28. The molecule has 2 unspecified atom stereocenters. The van der Waals surface area contributed by atoms with Crippen LogP contribution in [0.2, 0.25) is 0 Å². The molecule has 0 amide bonds. The third kappa shape index (κ3) is 1.92. The van der Waals surface area contributed by atoms with Crippen LogP contribution in [0.25, 0.3) is 0 Å². The van der Waals surface area contributed by atoms with Gasteiger partial charge in [0.15, 0.2) is 0 Å². The van der Waals surface area contributed by atoms with Gasteiger partial charge in [-0.25, -0.2) is 0 Å². The Bertz CT molecular complexity index is 167. The molecule has 0 saturated carbocycles. The zero-order valence-corrected chi connectivity index (χ0v) is 10.2. The van der Waals surface area contributed by atoms with E-state index < -0.39 is 14.6 Å². The van der Waals surface area contributed by atoms with Gasteiger partial charge >= 0.3 is 81.8 Å². The topological polar surface area (TPSA) is 36.9 Å². The second-order valence-corrected chi connectivity index (χ2v) is 7.72. The van der Waals surface area contributed by atoms with Crippen molar-refractivity contribution >= 4 is 14.6 Å². The van der Waals surface area contributed by atoms with Crippen LogP contribution in [0.3, 0.4) is 0 Å². The van der Waals surface area contributed by atoms with E-state index in [1.807, 2.05) is 0 Å². The predicted octanol–water partition coefficient (Wildman–Crippen LogP) is 1.07. The molecular weight excluding hydrogens is 233 g/mol. The van der Waals surface area contributed by atoms with Crippen LogP contribution in [0.1, 0.15) is 26.7 Å². The molecule has 2 heterocycles. The van der Waals surface area contributed by atoms with E-state index in [0.717, 1.165) is 12.8 Å². The summed E-state index contributed by atoms with van der Waals surface area (Å²) in [6, 6.07) is 0. The molecule has 76 valence electrons. The second-order valence-electron chi connectivity index (χ2n) is 3.42. The molecule has 0 aromatic carbocycles. The monoisotopic (exact) mass is 250 g/mol. The molecule has 2 aliphatic rings. The average Bonchev–Trinajstić information content (AvgIpc) is 2.74. The van der Waals surface area contributed by atoms with Gasteiger partial charge in [-0.1, -0.05) is 0 Å². The summed E-state index contributed by atoms with van der Waals surface area (Å²) in [5.41, 5.74) is 0. The van der Waals surface area contributed by atoms with Crippen molar-refractivity contribution in [3.8, 4) is 0 Å². The SMILES string of the molecule is CCC1C[O][Ge]2([O]CC(CC)[O]2)[O]1. The molecule has 0 radical (unpaired) electrons. The van der Waals surface area contributed by atoms with Gasteiger partial charge in [0.05, 0.1) is 0 Å². The third-order valence-electron chi connectivity index (χ3n) is 2.42. The van der Waals surface area contributed by atoms with Crippen LogP contribution in [0.4, 0.5) is 0 Å². The van der Waals surface area contributed by atoms with E-state index in [4.69, 9.17) is 15.1 Å². The Labute approximate surface area is 82.2 Å². The molecule has 0 bridgehead atoms. The van der Waals surface area contributed by atoms with Crippen LogP contribution < -0.4 is 0 Å². The third-order valence-corrected chi connectivity index (χ3v) is 7.22. The minimum atomic E-state index is -3.15. The fourth-order valence-corrected chi connectivity index (χ4v) is 6.67. The molecular formula is C8H16GeO4. The normalized spacial score (nSPS) is 44.8. The predicted molar refractivity (Wildman–Crippen MR) is 48.0 cm³/mol. The molecule has 0 aromatic rings. The van der Waals surface area contributed by atoms with Crippen molar-refractivity contribution in [1.82, 2.24) is 0 Å². The summed E-state index contributed by atoms with van der Waals surface area (Å²) in [6.45, 7) is 5.46. The number of hydrogen-bond acceptors (Lipinski definition) is 4. The van der Waals surface area contributed by atoms with Crippen molar-refractivity contribution in [2.24, 2.45) is 0 Å². The van der Waals surface area contributed by atoms with Gasteiger partial charge in [-0.2, -0.15) is 0 Å². The van der Waals surface area contributed by atoms with Gasteiger partial charge < -0.3 is 0 Å². The van der Waals surface area contributed by atoms with E-state index in [2.05, 4.69) is 13.8 Å². The van der Waals surface area contributed by atoms with Gasteiger partial charge in [0, 0.05) is 0 Å². The summed E-state index contributed by atoms with van der Waals surface area (Å²) in [6.07, 6.45) is 2.32. The Hall–Kier alpha value is 0.383. The summed E-state index contributed by atoms with van der Waals surface area (Å²) >= 11 is -3.15. The molecule has 1 spiro atoms. The quantitative estimate of drug-likeness (QED) is 0.686. The molecule has 2 fully saturated rings. The number of rotatable bonds is 2. The molecule has 2 saturated heterocycles. The fourth-order valence-electron chi connectivity index (χ4n) is 1.47. The molecule has 0 aliphatic carbocycles. The van der Waals surface area contributed by atoms with Crippen LogP contribution in [0.15, 0.2) is 0 Å². The van der Waals surface area contributed by atoms with Gasteiger partial charge in [-0.3, -0.25) is 0 Å². The molecule has 4 nitrogen and oxygen atoms in total. The van der Waals surface area contributed by atoms with E-state index in [9.17, 15) is 0 Å². The minimum absolute atomic E-state index is 0.190. The average molecular weight is 249 g/mol. The van der Waals surface area contributed by atoms with Crippen molar-refractivity contribution in [2.75, 3.05) is 13.2 Å². The van der Waals surface area contributed by atoms with Gasteiger partial charge in [0.2, 0.25) is 0 Å². The first-order valence-corrected chi connectivity index (χ1v) is 8.34. The van der Waals surface area contributed by atoms with Crippen molar-refractivity contribution in [1.29, 1.82) is 0 Å². The molecule has 5 heteroatoms. The molecule has 0 N–H and O–H groups in total. The zero-order chi connectivity index (χ0) is 9.31. The van der Waals surface area contributed by atoms with E-state index in [-0.39, 0.29) is 12.2 Å². The summed E-state index contributed by atoms with van der Waals surface area (Å²) in [5.74, 6) is 0. The molecule has 2 atom stereocenters. The summed E-state index contributed by atoms with van der Waals surface area (Å²) in [5, 5.41) is 0. The Balaban J connectivity index is 1.93. The van der Waals surface area contributed by atoms with Crippen LogP contribution in [0, 0.1) is 0 Å². The van der Waals surface area contributed by atoms with Crippen LogP contribution in [0.5, 0.6) is 0 Å². The Kier molecular flexibility index (Phi) is 2.95. The zero-order valence-electron chi connectivity index (χ0n) is 8.12. The standard InChI is InChI=1S/C8H16GeO4/c1-3-7-5-10-9(12-7)11-6-8(4-2)13-9/h7-8H,3-6H2,1-2H3. The first kappa shape index (κ1) is 9.92. The Morgan fingerprint density at radius 1 is 1.00 bits per heavy atom. The molecule has 2 aliphatic heterocycles. The van der Waals surface area contributed by atoms with Crippen molar-refractivity contribution < 1.29 is 15.1 Å². The van der Waals surface area contributed by atoms with Gasteiger partial charge in [0.1, 0.15) is 0 Å². The molecule has 2 rings (SSSR count). The van der Waals surface area contributed by atoms with E-state index >= 15 is 0 Å². The maximum atomic E-state index is 5.71. The van der Waals surface area contributed by atoms with Crippen molar-refractivity contribution in [2.45, 2.75) is 38.9 Å². The summed E-state index contributed by atoms with van der Waals surface area (Å²) in [4.78, 5) is 0. The van der Waals surface area contributed by atoms with E-state index in [1.54, 1.807) is 0 Å². The summed E-state index contributed by atoms with van der Waals surface area (Å²) < 4.78 is 22.5. The van der Waals surface area contributed by atoms with E-state index in [1.165, 1.54) is 0 Å². The molecule has 0 aromatic heterocycles. The maximum absolute atomic E-state index is 5.71. The first-order valence-electron chi connectivity index (χ1n) is 4.91. The number of hydrogen-bond donors (Lipinski definition) is 0. The Morgan fingerprint density at radius 3 is 1.77 bits per heavy atom. The van der Waals surface area contributed by atoms with Gasteiger partial charge in [0.25, 0.3) is 0 Å². The summed E-state index contributed by atoms with van der Waals surface area (Å²) in [7, 11) is 0.